The summed E-state index contributed by atoms with van der Waals surface area (Å²) in [5, 5.41) is 13.7. The Hall–Kier alpha value is -4.65. The molecule has 1 aliphatic rings. The Morgan fingerprint density at radius 3 is 2.09 bits per heavy atom. The topological polar surface area (TPSA) is 102 Å². The number of hydrogen-bond acceptors (Lipinski definition) is 6. The number of ether oxygens (including phenoxy) is 2. The fraction of sp³-hybridized carbons (Fsp3) is 0.107. The third-order valence-corrected chi connectivity index (χ3v) is 5.50. The molecule has 1 aliphatic heterocycles. The Morgan fingerprint density at radius 2 is 1.49 bits per heavy atom. The molecule has 7 nitrogen and oxygen atoms in total. The average molecular weight is 469 g/mol. The van der Waals surface area contributed by atoms with Crippen molar-refractivity contribution in [1.82, 2.24) is 5.32 Å². The number of aliphatic hydroxyl groups is 1. The molecule has 0 aliphatic carbocycles. The van der Waals surface area contributed by atoms with E-state index in [1.165, 1.54) is 7.11 Å². The van der Waals surface area contributed by atoms with Crippen LogP contribution in [0.1, 0.15) is 16.7 Å². The van der Waals surface area contributed by atoms with E-state index in [1.54, 1.807) is 60.7 Å². The second-order valence-electron chi connectivity index (χ2n) is 7.79. The van der Waals surface area contributed by atoms with Gasteiger partial charge in [0, 0.05) is 6.42 Å². The largest absolute Gasteiger partial charge is 0.504 e. The lowest BCUT2D eigenvalue weighted by Crippen LogP contribution is -2.43. The second-order valence-corrected chi connectivity index (χ2v) is 7.79. The van der Waals surface area contributed by atoms with Gasteiger partial charge in [-0.15, -0.1) is 0 Å². The quantitative estimate of drug-likeness (QED) is 0.403. The number of benzene rings is 3. The van der Waals surface area contributed by atoms with Crippen LogP contribution in [-0.4, -0.2) is 36.1 Å². The van der Waals surface area contributed by atoms with Gasteiger partial charge >= 0.3 is 11.9 Å². The standard InChI is InChI=1S/C28H23NO6/c1-34-27(32)21(17-18-11-5-2-6-12-18)29-26(31)23(20-15-9-4-10-16-20)25-24(30)22(28(33)35-25)19-13-7-3-8-14-19/h2-16,21,30H,17H2,1H3,(H,29,31)/b25-23+/t21-/m0/s1. The normalized spacial score (nSPS) is 15.3. The molecular formula is C28H23NO6. The zero-order chi connectivity index (χ0) is 24.8. The molecule has 3 aromatic carbocycles. The predicted octanol–water partition coefficient (Wildman–Crippen LogP) is 3.82. The van der Waals surface area contributed by atoms with Gasteiger partial charge in [-0.25, -0.2) is 9.59 Å². The van der Waals surface area contributed by atoms with Crippen LogP contribution < -0.4 is 5.32 Å². The van der Waals surface area contributed by atoms with Crippen molar-refractivity contribution >= 4 is 29.0 Å². The molecule has 1 amide bonds. The van der Waals surface area contributed by atoms with Crippen molar-refractivity contribution in [2.75, 3.05) is 7.11 Å². The summed E-state index contributed by atoms with van der Waals surface area (Å²) < 4.78 is 10.3. The van der Waals surface area contributed by atoms with Gasteiger partial charge < -0.3 is 19.9 Å². The molecule has 1 heterocycles. The van der Waals surface area contributed by atoms with Crippen LogP contribution in [-0.2, 0) is 30.3 Å². The summed E-state index contributed by atoms with van der Waals surface area (Å²) in [5.74, 6) is -2.84. The second kappa shape index (κ2) is 10.5. The van der Waals surface area contributed by atoms with Crippen LogP contribution in [0.2, 0.25) is 0 Å². The molecule has 35 heavy (non-hydrogen) atoms. The van der Waals surface area contributed by atoms with E-state index in [1.807, 2.05) is 30.3 Å². The number of cyclic esters (lactones) is 1. The summed E-state index contributed by atoms with van der Waals surface area (Å²) in [5.41, 5.74) is 1.55. The Labute approximate surface area is 202 Å². The summed E-state index contributed by atoms with van der Waals surface area (Å²) in [7, 11) is 1.24. The van der Waals surface area contributed by atoms with Gasteiger partial charge in [-0.1, -0.05) is 91.0 Å². The third-order valence-electron chi connectivity index (χ3n) is 5.50. The molecule has 7 heteroatoms. The fourth-order valence-electron chi connectivity index (χ4n) is 3.82. The Morgan fingerprint density at radius 1 is 0.914 bits per heavy atom. The van der Waals surface area contributed by atoms with Crippen LogP contribution >= 0.6 is 0 Å². The van der Waals surface area contributed by atoms with Crippen LogP contribution in [0.5, 0.6) is 0 Å². The number of carbonyl (C=O) groups is 3. The number of methoxy groups -OCH3 is 1. The summed E-state index contributed by atoms with van der Waals surface area (Å²) in [6.07, 6.45) is 0.188. The lowest BCUT2D eigenvalue weighted by Gasteiger charge is -2.19. The number of esters is 2. The van der Waals surface area contributed by atoms with Gasteiger partial charge in [-0.2, -0.15) is 0 Å². The predicted molar refractivity (Wildman–Crippen MR) is 130 cm³/mol. The van der Waals surface area contributed by atoms with Gasteiger partial charge in [0.1, 0.15) is 11.6 Å². The van der Waals surface area contributed by atoms with Crippen molar-refractivity contribution in [3.05, 3.63) is 119 Å². The molecule has 0 aromatic heterocycles. The van der Waals surface area contributed by atoms with E-state index < -0.39 is 29.6 Å². The maximum atomic E-state index is 13.5. The van der Waals surface area contributed by atoms with E-state index in [0.29, 0.717) is 11.1 Å². The summed E-state index contributed by atoms with van der Waals surface area (Å²) in [6, 6.07) is 25.2. The van der Waals surface area contributed by atoms with E-state index in [-0.39, 0.29) is 23.3 Å². The zero-order valence-corrected chi connectivity index (χ0v) is 18.9. The van der Waals surface area contributed by atoms with Gasteiger partial charge in [0.2, 0.25) is 0 Å². The molecule has 1 atom stereocenters. The maximum Gasteiger partial charge on any atom is 0.348 e. The van der Waals surface area contributed by atoms with Crippen molar-refractivity contribution in [3.63, 3.8) is 0 Å². The van der Waals surface area contributed by atoms with Crippen LogP contribution in [0.3, 0.4) is 0 Å². The van der Waals surface area contributed by atoms with Gasteiger partial charge in [-0.3, -0.25) is 4.79 Å². The lowest BCUT2D eigenvalue weighted by molar-refractivity contribution is -0.144. The molecule has 4 rings (SSSR count). The third kappa shape index (κ3) is 5.14. The van der Waals surface area contributed by atoms with E-state index >= 15 is 0 Å². The highest BCUT2D eigenvalue weighted by molar-refractivity contribution is 6.26. The highest BCUT2D eigenvalue weighted by Gasteiger charge is 2.36. The van der Waals surface area contributed by atoms with Crippen molar-refractivity contribution < 1.29 is 29.0 Å². The summed E-state index contributed by atoms with van der Waals surface area (Å²) in [6.45, 7) is 0. The van der Waals surface area contributed by atoms with Crippen molar-refractivity contribution in [2.45, 2.75) is 12.5 Å². The van der Waals surface area contributed by atoms with E-state index in [9.17, 15) is 19.5 Å². The molecule has 2 N–H and O–H groups in total. The first-order valence-corrected chi connectivity index (χ1v) is 10.9. The van der Waals surface area contributed by atoms with Crippen LogP contribution in [0.4, 0.5) is 0 Å². The molecule has 0 unspecified atom stereocenters. The Balaban J connectivity index is 1.76. The number of rotatable bonds is 7. The molecule has 0 fully saturated rings. The molecule has 176 valence electrons. The number of aliphatic hydroxyl groups excluding tert-OH is 1. The van der Waals surface area contributed by atoms with E-state index in [2.05, 4.69) is 5.32 Å². The Kier molecular flexibility index (Phi) is 7.07. The van der Waals surface area contributed by atoms with Crippen LogP contribution in [0.15, 0.2) is 103 Å². The van der Waals surface area contributed by atoms with Crippen LogP contribution in [0, 0.1) is 0 Å². The molecule has 0 spiro atoms. The van der Waals surface area contributed by atoms with Crippen molar-refractivity contribution in [3.8, 4) is 0 Å². The fourth-order valence-corrected chi connectivity index (χ4v) is 3.82. The zero-order valence-electron chi connectivity index (χ0n) is 18.9. The SMILES string of the molecule is COC(=O)[C@H](Cc1ccccc1)NC(=O)/C(=C1/OC(=O)C(c2ccccc2)=C1O)c1ccccc1. The highest BCUT2D eigenvalue weighted by Crippen LogP contribution is 2.36. The minimum Gasteiger partial charge on any atom is -0.504 e. The van der Waals surface area contributed by atoms with E-state index in [4.69, 9.17) is 9.47 Å². The summed E-state index contributed by atoms with van der Waals surface area (Å²) in [4.78, 5) is 38.7. The maximum absolute atomic E-state index is 13.5. The van der Waals surface area contributed by atoms with Crippen molar-refractivity contribution in [1.29, 1.82) is 0 Å². The minimum atomic E-state index is -1.01. The van der Waals surface area contributed by atoms with Gasteiger partial charge in [0.15, 0.2) is 11.5 Å². The molecular weight excluding hydrogens is 446 g/mol. The smallest absolute Gasteiger partial charge is 0.348 e. The Bertz CT molecular complexity index is 1300. The molecule has 0 bridgehead atoms. The monoisotopic (exact) mass is 469 g/mol. The average Bonchev–Trinajstić information content (AvgIpc) is 3.18. The van der Waals surface area contributed by atoms with E-state index in [0.717, 1.165) is 5.56 Å². The first-order chi connectivity index (χ1) is 17.0. The summed E-state index contributed by atoms with van der Waals surface area (Å²) >= 11 is 0. The first kappa shape index (κ1) is 23.5. The minimum absolute atomic E-state index is 0.0457. The molecule has 0 radical (unpaired) electrons. The molecule has 0 saturated heterocycles. The lowest BCUT2D eigenvalue weighted by atomic mass is 9.99. The van der Waals surface area contributed by atoms with Gasteiger partial charge in [0.05, 0.1) is 12.7 Å². The van der Waals surface area contributed by atoms with Crippen molar-refractivity contribution in [2.24, 2.45) is 0 Å². The molecule has 0 saturated carbocycles. The molecule has 3 aromatic rings. The van der Waals surface area contributed by atoms with Gasteiger partial charge in [-0.05, 0) is 16.7 Å². The number of amides is 1. The van der Waals surface area contributed by atoms with Crippen LogP contribution in [0.25, 0.3) is 11.1 Å². The number of nitrogens with one attached hydrogen (secondary N) is 1. The number of carbonyl (C=O) groups excluding carboxylic acids is 3. The highest BCUT2D eigenvalue weighted by atomic mass is 16.6. The van der Waals surface area contributed by atoms with Gasteiger partial charge in [0.25, 0.3) is 5.91 Å². The number of hydrogen-bond donors (Lipinski definition) is 2. The first-order valence-electron chi connectivity index (χ1n) is 10.9.